The summed E-state index contributed by atoms with van der Waals surface area (Å²) in [5.74, 6) is 0.543. The molecular weight excluding hydrogens is 383 g/mol. The predicted octanol–water partition coefficient (Wildman–Crippen LogP) is 3.22. The maximum atomic E-state index is 12.8. The molecule has 0 spiro atoms. The molecule has 10 heteroatoms. The van der Waals surface area contributed by atoms with Crippen LogP contribution in [0.1, 0.15) is 17.2 Å². The van der Waals surface area contributed by atoms with Crippen LogP contribution in [0.25, 0.3) is 0 Å². The summed E-state index contributed by atoms with van der Waals surface area (Å²) in [4.78, 5) is 10.0. The summed E-state index contributed by atoms with van der Waals surface area (Å²) in [7, 11) is 0. The fourth-order valence-corrected chi connectivity index (χ4v) is 3.11. The summed E-state index contributed by atoms with van der Waals surface area (Å²) < 4.78 is 43.9. The van der Waals surface area contributed by atoms with E-state index in [0.717, 1.165) is 17.7 Å². The Hall–Kier alpha value is -2.10. The minimum absolute atomic E-state index is 0.159. The largest absolute Gasteiger partial charge is 0.416 e. The molecule has 0 bridgehead atoms. The number of alkyl halides is 3. The number of hydrogen-bond donors (Lipinski definition) is 2. The van der Waals surface area contributed by atoms with Crippen LogP contribution in [-0.4, -0.2) is 47.7 Å². The number of benzene rings is 1. The van der Waals surface area contributed by atoms with Crippen LogP contribution in [-0.2, 0) is 10.9 Å². The third-order valence-corrected chi connectivity index (χ3v) is 4.76. The van der Waals surface area contributed by atoms with Gasteiger partial charge in [0, 0.05) is 19.6 Å². The average molecular weight is 402 g/mol. The van der Waals surface area contributed by atoms with Crippen molar-refractivity contribution in [2.24, 2.45) is 0 Å². The number of ether oxygens (including phenoxy) is 1. The van der Waals surface area contributed by atoms with Gasteiger partial charge in [0.25, 0.3) is 0 Å². The summed E-state index contributed by atoms with van der Waals surface area (Å²) in [6, 6.07) is 5.02. The number of nitrogen functional groups attached to an aromatic ring is 1. The highest BCUT2D eigenvalue weighted by atomic mass is 35.5. The molecule has 146 valence electrons. The van der Waals surface area contributed by atoms with E-state index in [1.54, 1.807) is 0 Å². The zero-order chi connectivity index (χ0) is 19.4. The molecule has 3 N–H and O–H groups in total. The molecule has 0 saturated carbocycles. The highest BCUT2D eigenvalue weighted by Gasteiger charge is 2.31. The van der Waals surface area contributed by atoms with Gasteiger partial charge >= 0.3 is 6.18 Å². The molecule has 0 aliphatic carbocycles. The van der Waals surface area contributed by atoms with E-state index in [1.807, 2.05) is 0 Å². The van der Waals surface area contributed by atoms with Crippen molar-refractivity contribution in [2.45, 2.75) is 12.2 Å². The van der Waals surface area contributed by atoms with E-state index in [1.165, 1.54) is 18.5 Å². The molecule has 1 saturated heterocycles. The molecule has 3 rings (SSSR count). The summed E-state index contributed by atoms with van der Waals surface area (Å²) in [6.07, 6.45) is -3.07. The van der Waals surface area contributed by atoms with Crippen LogP contribution in [0, 0.1) is 0 Å². The maximum Gasteiger partial charge on any atom is 0.416 e. The minimum atomic E-state index is -4.36. The van der Waals surface area contributed by atoms with Crippen LogP contribution >= 0.6 is 11.6 Å². The van der Waals surface area contributed by atoms with Crippen molar-refractivity contribution in [2.75, 3.05) is 43.9 Å². The minimum Gasteiger partial charge on any atom is -0.382 e. The second-order valence-corrected chi connectivity index (χ2v) is 6.46. The third-order valence-electron chi connectivity index (χ3n) is 4.39. The lowest BCUT2D eigenvalue weighted by Gasteiger charge is -2.35. The number of halogens is 4. The van der Waals surface area contributed by atoms with Crippen molar-refractivity contribution < 1.29 is 17.9 Å². The molecule has 0 amide bonds. The normalized spacial score (nSPS) is 16.9. The van der Waals surface area contributed by atoms with E-state index in [4.69, 9.17) is 22.1 Å². The van der Waals surface area contributed by atoms with Crippen molar-refractivity contribution in [3.8, 4) is 0 Å². The summed E-state index contributed by atoms with van der Waals surface area (Å²) in [5.41, 5.74) is 5.77. The van der Waals surface area contributed by atoms with Gasteiger partial charge in [0.15, 0.2) is 5.82 Å². The number of nitrogens with zero attached hydrogens (tertiary/aromatic N) is 3. The van der Waals surface area contributed by atoms with Crippen molar-refractivity contribution in [3.05, 3.63) is 46.7 Å². The maximum absolute atomic E-state index is 12.8. The zero-order valence-electron chi connectivity index (χ0n) is 14.3. The molecule has 0 radical (unpaired) electrons. The quantitative estimate of drug-likeness (QED) is 0.801. The molecule has 2 aromatic rings. The molecule has 2 heterocycles. The van der Waals surface area contributed by atoms with Gasteiger partial charge in [0.2, 0.25) is 0 Å². The van der Waals surface area contributed by atoms with Crippen LogP contribution in [0.5, 0.6) is 0 Å². The smallest absolute Gasteiger partial charge is 0.382 e. The first-order valence-corrected chi connectivity index (χ1v) is 8.73. The number of aromatic nitrogens is 2. The number of nitrogens with two attached hydrogens (primary N) is 1. The monoisotopic (exact) mass is 401 g/mol. The molecule has 1 aliphatic heterocycles. The molecule has 27 heavy (non-hydrogen) atoms. The van der Waals surface area contributed by atoms with Crippen molar-refractivity contribution in [1.29, 1.82) is 0 Å². The fraction of sp³-hybridized carbons (Fsp3) is 0.412. The Balaban J connectivity index is 1.81. The Labute approximate surface area is 159 Å². The number of hydrogen-bond acceptors (Lipinski definition) is 6. The van der Waals surface area contributed by atoms with E-state index in [-0.39, 0.29) is 16.9 Å². The van der Waals surface area contributed by atoms with E-state index in [0.29, 0.717) is 38.7 Å². The first-order chi connectivity index (χ1) is 12.9. The van der Waals surface area contributed by atoms with Crippen LogP contribution in [0.2, 0.25) is 5.02 Å². The predicted molar refractivity (Wildman–Crippen MR) is 96.5 cm³/mol. The van der Waals surface area contributed by atoms with Crippen molar-refractivity contribution in [3.63, 3.8) is 0 Å². The lowest BCUT2D eigenvalue weighted by atomic mass is 10.0. The molecule has 6 nitrogen and oxygen atoms in total. The average Bonchev–Trinajstić information content (AvgIpc) is 2.66. The lowest BCUT2D eigenvalue weighted by Crippen LogP contribution is -2.41. The van der Waals surface area contributed by atoms with Gasteiger partial charge in [-0.05, 0) is 17.7 Å². The van der Waals surface area contributed by atoms with Gasteiger partial charge in [-0.2, -0.15) is 13.2 Å². The van der Waals surface area contributed by atoms with Gasteiger partial charge in [0.1, 0.15) is 17.2 Å². The molecule has 1 unspecified atom stereocenters. The van der Waals surface area contributed by atoms with E-state index < -0.39 is 11.7 Å². The van der Waals surface area contributed by atoms with Gasteiger partial charge in [-0.25, -0.2) is 9.97 Å². The summed E-state index contributed by atoms with van der Waals surface area (Å²) in [5, 5.41) is 3.34. The van der Waals surface area contributed by atoms with Crippen molar-refractivity contribution in [1.82, 2.24) is 14.9 Å². The summed E-state index contributed by atoms with van der Waals surface area (Å²) in [6.45, 7) is 2.87. The van der Waals surface area contributed by atoms with Crippen molar-refractivity contribution >= 4 is 23.2 Å². The fourth-order valence-electron chi connectivity index (χ4n) is 2.94. The SMILES string of the molecule is Nc1ncnc(NCC(c2ccc(C(F)(F)F)cc2)N2CCOCC2)c1Cl. The first-order valence-electron chi connectivity index (χ1n) is 8.35. The highest BCUT2D eigenvalue weighted by molar-refractivity contribution is 6.35. The molecular formula is C17H19ClF3N5O. The number of anilines is 2. The summed E-state index contributed by atoms with van der Waals surface area (Å²) >= 11 is 6.11. The number of nitrogens with one attached hydrogen (secondary N) is 1. The van der Waals surface area contributed by atoms with Gasteiger partial charge in [-0.15, -0.1) is 0 Å². The zero-order valence-corrected chi connectivity index (χ0v) is 15.1. The van der Waals surface area contributed by atoms with E-state index in [9.17, 15) is 13.2 Å². The second-order valence-electron chi connectivity index (χ2n) is 6.09. The Kier molecular flexibility index (Phi) is 6.03. The highest BCUT2D eigenvalue weighted by Crippen LogP contribution is 2.31. The lowest BCUT2D eigenvalue weighted by molar-refractivity contribution is -0.137. The van der Waals surface area contributed by atoms with Crippen LogP contribution in [0.3, 0.4) is 0 Å². The Morgan fingerprint density at radius 1 is 1.19 bits per heavy atom. The molecule has 1 aromatic heterocycles. The first kappa shape index (κ1) is 19.7. The second kappa shape index (κ2) is 8.28. The third kappa shape index (κ3) is 4.79. The topological polar surface area (TPSA) is 76.3 Å². The van der Waals surface area contributed by atoms with E-state index in [2.05, 4.69) is 20.2 Å². The number of rotatable bonds is 5. The number of morpholine rings is 1. The van der Waals surface area contributed by atoms with Crippen LogP contribution < -0.4 is 11.1 Å². The molecule has 1 fully saturated rings. The molecule has 1 atom stereocenters. The molecule has 1 aromatic carbocycles. The van der Waals surface area contributed by atoms with E-state index >= 15 is 0 Å². The van der Waals surface area contributed by atoms with Crippen LogP contribution in [0.15, 0.2) is 30.6 Å². The molecule has 1 aliphatic rings. The van der Waals surface area contributed by atoms with Gasteiger partial charge < -0.3 is 15.8 Å². The van der Waals surface area contributed by atoms with Gasteiger partial charge in [-0.3, -0.25) is 4.90 Å². The standard InChI is InChI=1S/C17H19ClF3N5O/c18-14-15(22)24-10-25-16(14)23-9-13(26-5-7-27-8-6-26)11-1-3-12(4-2-11)17(19,20)21/h1-4,10,13H,5-9H2,(H3,22,23,24,25). The van der Waals surface area contributed by atoms with Crippen LogP contribution in [0.4, 0.5) is 24.8 Å². The Bertz CT molecular complexity index is 766. The van der Waals surface area contributed by atoms with Gasteiger partial charge in [-0.1, -0.05) is 23.7 Å². The van der Waals surface area contributed by atoms with Gasteiger partial charge in [0.05, 0.1) is 24.8 Å². The Morgan fingerprint density at radius 3 is 2.48 bits per heavy atom. The Morgan fingerprint density at radius 2 is 1.85 bits per heavy atom.